The minimum Gasteiger partial charge on any atom is -0.394 e. The number of hydrogen-bond donors (Lipinski definition) is 6. The van der Waals surface area contributed by atoms with Gasteiger partial charge in [-0.1, -0.05) is 83.8 Å². The summed E-state index contributed by atoms with van der Waals surface area (Å²) in [4.78, 5) is 0. The van der Waals surface area contributed by atoms with Gasteiger partial charge in [-0.2, -0.15) is 0 Å². The minimum atomic E-state index is -1.50. The zero-order chi connectivity index (χ0) is 28.7. The van der Waals surface area contributed by atoms with Crippen LogP contribution in [0.3, 0.4) is 0 Å². The van der Waals surface area contributed by atoms with Gasteiger partial charge in [0.2, 0.25) is 0 Å². The fraction of sp³-hybridized carbons (Fsp3) is 0.933. The van der Waals surface area contributed by atoms with Gasteiger partial charge in [-0.15, -0.1) is 0 Å². The summed E-state index contributed by atoms with van der Waals surface area (Å²) in [7, 11) is 0. The summed E-state index contributed by atoms with van der Waals surface area (Å²) in [5.74, 6) is 0. The molecular weight excluding hydrogens is 502 g/mol. The average molecular weight is 562 g/mol. The lowest BCUT2D eigenvalue weighted by atomic mass is 9.99. The van der Waals surface area contributed by atoms with E-state index in [0.717, 1.165) is 19.3 Å². The molecule has 6 N–H and O–H groups in total. The summed E-state index contributed by atoms with van der Waals surface area (Å²) in [6.07, 6.45) is 15.0. The van der Waals surface area contributed by atoms with Crippen LogP contribution in [0.4, 0.5) is 0 Å². The molecule has 0 bridgehead atoms. The second-order valence-electron chi connectivity index (χ2n) is 10.8. The molecule has 0 amide bonds. The van der Waals surface area contributed by atoms with Crippen molar-refractivity contribution in [2.75, 3.05) is 26.6 Å². The number of aliphatic hydroxyl groups excluding tert-OH is 5. The SMILES string of the molecule is CCCCCCCCC=CCCCCCCCOCNC(CO[C@H]1OC(CO)[C@H](O)C(O)C1O)C(O)CCC. The molecule has 9 nitrogen and oxygen atoms in total. The van der Waals surface area contributed by atoms with E-state index in [-0.39, 0.29) is 13.3 Å². The van der Waals surface area contributed by atoms with Crippen molar-refractivity contribution in [2.24, 2.45) is 0 Å². The van der Waals surface area contributed by atoms with Crippen molar-refractivity contribution < 1.29 is 39.7 Å². The van der Waals surface area contributed by atoms with Crippen LogP contribution in [0.15, 0.2) is 12.2 Å². The molecule has 39 heavy (non-hydrogen) atoms. The van der Waals surface area contributed by atoms with E-state index in [4.69, 9.17) is 14.2 Å². The Kier molecular flexibility index (Phi) is 22.4. The molecule has 9 heteroatoms. The maximum absolute atomic E-state index is 10.5. The van der Waals surface area contributed by atoms with Gasteiger partial charge in [0.25, 0.3) is 0 Å². The van der Waals surface area contributed by atoms with E-state index in [2.05, 4.69) is 24.4 Å². The van der Waals surface area contributed by atoms with Crippen LogP contribution in [-0.2, 0) is 14.2 Å². The van der Waals surface area contributed by atoms with Crippen molar-refractivity contribution in [3.63, 3.8) is 0 Å². The van der Waals surface area contributed by atoms with Gasteiger partial charge in [-0.05, 0) is 38.5 Å². The molecule has 0 radical (unpaired) electrons. The first-order valence-electron chi connectivity index (χ1n) is 15.5. The third kappa shape index (κ3) is 16.4. The lowest BCUT2D eigenvalue weighted by Crippen LogP contribution is -2.59. The van der Waals surface area contributed by atoms with E-state index in [1.165, 1.54) is 70.6 Å². The summed E-state index contributed by atoms with van der Waals surface area (Å²) in [6, 6.07) is -0.466. The highest BCUT2D eigenvalue weighted by Gasteiger charge is 2.44. The zero-order valence-corrected chi connectivity index (χ0v) is 24.6. The fourth-order valence-corrected chi connectivity index (χ4v) is 4.72. The Bertz CT molecular complexity index is 579. The first-order chi connectivity index (χ1) is 19.0. The van der Waals surface area contributed by atoms with Crippen molar-refractivity contribution in [1.82, 2.24) is 5.32 Å². The Morgan fingerprint density at radius 2 is 1.41 bits per heavy atom. The number of allylic oxidation sites excluding steroid dienone is 2. The number of nitrogens with one attached hydrogen (secondary N) is 1. The topological polar surface area (TPSA) is 141 Å². The number of unbranched alkanes of at least 4 members (excludes halogenated alkanes) is 11. The van der Waals surface area contributed by atoms with Gasteiger partial charge < -0.3 is 39.7 Å². The summed E-state index contributed by atoms with van der Waals surface area (Å²) < 4.78 is 16.7. The molecule has 7 atom stereocenters. The van der Waals surface area contributed by atoms with Crippen LogP contribution in [0.1, 0.15) is 110 Å². The molecule has 232 valence electrons. The first kappa shape index (κ1) is 36.4. The van der Waals surface area contributed by atoms with Crippen LogP contribution in [0, 0.1) is 0 Å². The van der Waals surface area contributed by atoms with Crippen LogP contribution in [-0.4, -0.2) is 94.9 Å². The monoisotopic (exact) mass is 561 g/mol. The average Bonchev–Trinajstić information content (AvgIpc) is 2.93. The highest BCUT2D eigenvalue weighted by atomic mass is 16.7. The molecule has 1 fully saturated rings. The van der Waals surface area contributed by atoms with E-state index in [1.807, 2.05) is 6.92 Å². The lowest BCUT2D eigenvalue weighted by Gasteiger charge is -2.40. The van der Waals surface area contributed by atoms with Gasteiger partial charge in [-0.3, -0.25) is 5.32 Å². The molecule has 1 heterocycles. The molecule has 0 aliphatic carbocycles. The molecule has 0 aromatic heterocycles. The van der Waals surface area contributed by atoms with Gasteiger partial charge in [-0.25, -0.2) is 0 Å². The smallest absolute Gasteiger partial charge is 0.186 e. The summed E-state index contributed by atoms with van der Waals surface area (Å²) in [5.41, 5.74) is 0. The third-order valence-electron chi connectivity index (χ3n) is 7.34. The van der Waals surface area contributed by atoms with Crippen molar-refractivity contribution >= 4 is 0 Å². The van der Waals surface area contributed by atoms with E-state index >= 15 is 0 Å². The highest BCUT2D eigenvalue weighted by Crippen LogP contribution is 2.22. The second kappa shape index (κ2) is 24.0. The van der Waals surface area contributed by atoms with E-state index < -0.39 is 49.5 Å². The van der Waals surface area contributed by atoms with Gasteiger partial charge in [0, 0.05) is 6.61 Å². The molecular formula is C30H59NO8. The van der Waals surface area contributed by atoms with Gasteiger partial charge in [0.05, 0.1) is 32.1 Å². The maximum atomic E-state index is 10.5. The molecule has 0 aromatic carbocycles. The molecule has 1 rings (SSSR count). The van der Waals surface area contributed by atoms with Crippen molar-refractivity contribution in [3.05, 3.63) is 12.2 Å². The molecule has 0 saturated carbocycles. The molecule has 1 saturated heterocycles. The third-order valence-corrected chi connectivity index (χ3v) is 7.34. The molecule has 1 aliphatic rings. The van der Waals surface area contributed by atoms with E-state index in [9.17, 15) is 25.5 Å². The molecule has 1 aliphatic heterocycles. The van der Waals surface area contributed by atoms with Crippen LogP contribution in [0.5, 0.6) is 0 Å². The first-order valence-corrected chi connectivity index (χ1v) is 15.5. The predicted octanol–water partition coefficient (Wildman–Crippen LogP) is 3.54. The summed E-state index contributed by atoms with van der Waals surface area (Å²) in [6.45, 7) is 4.60. The van der Waals surface area contributed by atoms with E-state index in [1.54, 1.807) is 0 Å². The van der Waals surface area contributed by atoms with Crippen LogP contribution in [0.2, 0.25) is 0 Å². The molecule has 0 spiro atoms. The second-order valence-corrected chi connectivity index (χ2v) is 10.8. The van der Waals surface area contributed by atoms with Crippen molar-refractivity contribution in [2.45, 2.75) is 153 Å². The Hall–Kier alpha value is -0.620. The van der Waals surface area contributed by atoms with Crippen molar-refractivity contribution in [3.8, 4) is 0 Å². The summed E-state index contributed by atoms with van der Waals surface area (Å²) >= 11 is 0. The molecule has 0 aromatic rings. The highest BCUT2D eigenvalue weighted by molar-refractivity contribution is 4.89. The lowest BCUT2D eigenvalue weighted by molar-refractivity contribution is -0.303. The Labute approximate surface area is 236 Å². The summed E-state index contributed by atoms with van der Waals surface area (Å²) in [5, 5.41) is 53.0. The van der Waals surface area contributed by atoms with Gasteiger partial charge in [0.15, 0.2) is 6.29 Å². The van der Waals surface area contributed by atoms with Gasteiger partial charge >= 0.3 is 0 Å². The molecule has 5 unspecified atom stereocenters. The quantitative estimate of drug-likeness (QED) is 0.0561. The van der Waals surface area contributed by atoms with Gasteiger partial charge in [0.1, 0.15) is 24.4 Å². The number of aliphatic hydroxyl groups is 5. The fourth-order valence-electron chi connectivity index (χ4n) is 4.72. The van der Waals surface area contributed by atoms with E-state index in [0.29, 0.717) is 13.0 Å². The largest absolute Gasteiger partial charge is 0.394 e. The maximum Gasteiger partial charge on any atom is 0.186 e. The standard InChI is InChI=1S/C30H59NO8/c1-3-5-6-7-8-9-10-11-12-13-14-15-16-17-18-20-37-23-31-24(25(33)19-4-2)22-38-30-29(36)28(35)27(34)26(21-32)39-30/h11-12,24-36H,3-10,13-23H2,1-2H3/t24?,25?,26?,27-,28?,29?,30-/m0/s1. The number of ether oxygens (including phenoxy) is 3. The predicted molar refractivity (Wildman–Crippen MR) is 153 cm³/mol. The zero-order valence-electron chi connectivity index (χ0n) is 24.6. The van der Waals surface area contributed by atoms with Crippen LogP contribution < -0.4 is 5.32 Å². The minimum absolute atomic E-state index is 0.000617. The number of hydrogen-bond acceptors (Lipinski definition) is 9. The normalized spacial score (nSPS) is 25.4. The van der Waals surface area contributed by atoms with Crippen LogP contribution >= 0.6 is 0 Å². The van der Waals surface area contributed by atoms with Crippen LogP contribution in [0.25, 0.3) is 0 Å². The Balaban J connectivity index is 2.13. The number of rotatable bonds is 25. The Morgan fingerprint density at radius 3 is 2.03 bits per heavy atom. The Morgan fingerprint density at radius 1 is 0.795 bits per heavy atom. The van der Waals surface area contributed by atoms with Crippen molar-refractivity contribution in [1.29, 1.82) is 0 Å².